The highest BCUT2D eigenvalue weighted by Gasteiger charge is 2.15. The summed E-state index contributed by atoms with van der Waals surface area (Å²) < 4.78 is 13.6. The van der Waals surface area contributed by atoms with Crippen molar-refractivity contribution >= 4 is 5.78 Å². The van der Waals surface area contributed by atoms with Crippen LogP contribution in [0.25, 0.3) is 0 Å². The van der Waals surface area contributed by atoms with Gasteiger partial charge in [-0.3, -0.25) is 4.79 Å². The fraction of sp³-hybridized carbons (Fsp3) is 0.417. The lowest BCUT2D eigenvalue weighted by Crippen LogP contribution is -2.23. The molecule has 1 aromatic rings. The number of likely N-dealkylation sites (N-methyl/N-ethyl adjacent to an activating group) is 1. The molecule has 0 unspecified atom stereocenters. The molecule has 1 aromatic carbocycles. The third kappa shape index (κ3) is 2.86. The Morgan fingerprint density at radius 2 is 1.93 bits per heavy atom. The van der Waals surface area contributed by atoms with Gasteiger partial charge in [0.25, 0.3) is 0 Å². The van der Waals surface area contributed by atoms with E-state index in [9.17, 15) is 9.18 Å². The van der Waals surface area contributed by atoms with E-state index in [1.807, 2.05) is 13.0 Å². The molecule has 0 saturated carbocycles. The zero-order chi connectivity index (χ0) is 11.6. The van der Waals surface area contributed by atoms with Crippen molar-refractivity contribution in [3.05, 3.63) is 34.6 Å². The van der Waals surface area contributed by atoms with Crippen molar-refractivity contribution in [1.29, 1.82) is 0 Å². The van der Waals surface area contributed by atoms with E-state index in [1.165, 1.54) is 6.07 Å². The van der Waals surface area contributed by atoms with E-state index in [0.29, 0.717) is 5.56 Å². The van der Waals surface area contributed by atoms with Crippen LogP contribution in [0.1, 0.15) is 21.5 Å². The molecule has 0 atom stereocenters. The second kappa shape index (κ2) is 4.53. The molecule has 82 valence electrons. The standard InChI is InChI=1S/C12H16FNO/c1-8-5-9(2)12(10(13)6-8)11(15)7-14(3)4/h5-6H,7H2,1-4H3. The van der Waals surface area contributed by atoms with Gasteiger partial charge >= 0.3 is 0 Å². The van der Waals surface area contributed by atoms with Crippen molar-refractivity contribution in [3.8, 4) is 0 Å². The van der Waals surface area contributed by atoms with E-state index in [0.717, 1.165) is 5.56 Å². The maximum absolute atomic E-state index is 13.6. The summed E-state index contributed by atoms with van der Waals surface area (Å²) in [5, 5.41) is 0. The minimum atomic E-state index is -0.417. The Bertz CT molecular complexity index is 362. The average molecular weight is 209 g/mol. The first-order valence-corrected chi connectivity index (χ1v) is 4.86. The zero-order valence-electron chi connectivity index (χ0n) is 9.60. The van der Waals surface area contributed by atoms with Gasteiger partial charge in [0.05, 0.1) is 12.1 Å². The van der Waals surface area contributed by atoms with Crippen LogP contribution in [-0.2, 0) is 0 Å². The minimum absolute atomic E-state index is 0.171. The van der Waals surface area contributed by atoms with E-state index >= 15 is 0 Å². The quantitative estimate of drug-likeness (QED) is 0.711. The summed E-state index contributed by atoms with van der Waals surface area (Å²) >= 11 is 0. The number of carbonyl (C=O) groups is 1. The number of hydrogen-bond donors (Lipinski definition) is 0. The van der Waals surface area contributed by atoms with Gasteiger partial charge < -0.3 is 4.90 Å². The van der Waals surface area contributed by atoms with Crippen molar-refractivity contribution < 1.29 is 9.18 Å². The second-order valence-electron chi connectivity index (χ2n) is 4.10. The van der Waals surface area contributed by atoms with Crippen LogP contribution in [0.3, 0.4) is 0 Å². The molecule has 0 aliphatic carbocycles. The van der Waals surface area contributed by atoms with Crippen LogP contribution in [0.2, 0.25) is 0 Å². The van der Waals surface area contributed by atoms with E-state index in [2.05, 4.69) is 0 Å². The molecule has 0 radical (unpaired) electrons. The molecule has 0 heterocycles. The van der Waals surface area contributed by atoms with Gasteiger partial charge in [-0.1, -0.05) is 6.07 Å². The topological polar surface area (TPSA) is 20.3 Å². The zero-order valence-corrected chi connectivity index (χ0v) is 9.60. The second-order valence-corrected chi connectivity index (χ2v) is 4.10. The van der Waals surface area contributed by atoms with Crippen molar-refractivity contribution in [3.63, 3.8) is 0 Å². The van der Waals surface area contributed by atoms with E-state index < -0.39 is 5.82 Å². The number of nitrogens with zero attached hydrogens (tertiary/aromatic N) is 1. The molecule has 0 spiro atoms. The maximum Gasteiger partial charge on any atom is 0.180 e. The number of Topliss-reactive ketones (excluding diaryl/α,β-unsaturated/α-hetero) is 1. The molecule has 0 saturated heterocycles. The maximum atomic E-state index is 13.6. The van der Waals surface area contributed by atoms with Crippen LogP contribution in [0.15, 0.2) is 12.1 Å². The van der Waals surface area contributed by atoms with Gasteiger partial charge in [-0.05, 0) is 45.1 Å². The largest absolute Gasteiger partial charge is 0.302 e. The highest BCUT2D eigenvalue weighted by molar-refractivity contribution is 5.99. The van der Waals surface area contributed by atoms with Gasteiger partial charge in [-0.25, -0.2) is 4.39 Å². The van der Waals surface area contributed by atoms with Gasteiger partial charge in [0.2, 0.25) is 0 Å². The van der Waals surface area contributed by atoms with Gasteiger partial charge in [-0.2, -0.15) is 0 Å². The Kier molecular flexibility index (Phi) is 3.58. The molecule has 2 nitrogen and oxygen atoms in total. The molecule has 0 aliphatic heterocycles. The van der Waals surface area contributed by atoms with Crippen molar-refractivity contribution in [2.45, 2.75) is 13.8 Å². The van der Waals surface area contributed by atoms with E-state index in [-0.39, 0.29) is 17.9 Å². The SMILES string of the molecule is Cc1cc(C)c(C(=O)CN(C)C)c(F)c1. The van der Waals surface area contributed by atoms with Gasteiger partial charge in [0.1, 0.15) is 5.82 Å². The van der Waals surface area contributed by atoms with Crippen molar-refractivity contribution in [2.75, 3.05) is 20.6 Å². The van der Waals surface area contributed by atoms with Crippen LogP contribution >= 0.6 is 0 Å². The van der Waals surface area contributed by atoms with Gasteiger partial charge in [-0.15, -0.1) is 0 Å². The van der Waals surface area contributed by atoms with E-state index in [1.54, 1.807) is 25.9 Å². The van der Waals surface area contributed by atoms with Crippen molar-refractivity contribution in [1.82, 2.24) is 4.90 Å². The molecular weight excluding hydrogens is 193 g/mol. The summed E-state index contributed by atoms with van der Waals surface area (Å²) in [6.07, 6.45) is 0. The summed E-state index contributed by atoms with van der Waals surface area (Å²) in [6.45, 7) is 3.82. The normalized spacial score (nSPS) is 10.8. The predicted molar refractivity (Wildman–Crippen MR) is 58.8 cm³/mol. The van der Waals surface area contributed by atoms with Crippen molar-refractivity contribution in [2.24, 2.45) is 0 Å². The number of benzene rings is 1. The molecule has 0 aliphatic rings. The highest BCUT2D eigenvalue weighted by Crippen LogP contribution is 2.16. The molecule has 1 rings (SSSR count). The lowest BCUT2D eigenvalue weighted by molar-refractivity contribution is 0.0953. The lowest BCUT2D eigenvalue weighted by atomic mass is 10.0. The third-order valence-corrected chi connectivity index (χ3v) is 2.17. The van der Waals surface area contributed by atoms with E-state index in [4.69, 9.17) is 0 Å². The first-order chi connectivity index (χ1) is 6.91. The number of rotatable bonds is 3. The van der Waals surface area contributed by atoms with Crippen LogP contribution in [0, 0.1) is 19.7 Å². The summed E-state index contributed by atoms with van der Waals surface area (Å²) in [5.41, 5.74) is 1.76. The van der Waals surface area contributed by atoms with Crippen LogP contribution in [0.4, 0.5) is 4.39 Å². The summed E-state index contributed by atoms with van der Waals surface area (Å²) in [6, 6.07) is 3.22. The van der Waals surface area contributed by atoms with Crippen LogP contribution < -0.4 is 0 Å². The fourth-order valence-corrected chi connectivity index (χ4v) is 1.64. The Morgan fingerprint density at radius 1 is 1.33 bits per heavy atom. The molecule has 15 heavy (non-hydrogen) atoms. The molecule has 3 heteroatoms. The number of hydrogen-bond acceptors (Lipinski definition) is 2. The van der Waals surface area contributed by atoms with Crippen LogP contribution in [0.5, 0.6) is 0 Å². The van der Waals surface area contributed by atoms with Gasteiger partial charge in [0.15, 0.2) is 5.78 Å². The Hall–Kier alpha value is -1.22. The summed E-state index contributed by atoms with van der Waals surface area (Å²) in [4.78, 5) is 13.5. The molecule has 0 fully saturated rings. The molecule has 0 bridgehead atoms. The first kappa shape index (κ1) is 11.9. The molecule has 0 aromatic heterocycles. The molecule has 0 amide bonds. The Balaban J connectivity index is 3.09. The molecule has 0 N–H and O–H groups in total. The number of halogens is 1. The third-order valence-electron chi connectivity index (χ3n) is 2.17. The van der Waals surface area contributed by atoms with Gasteiger partial charge in [0, 0.05) is 0 Å². The summed E-state index contributed by atoms with van der Waals surface area (Å²) in [7, 11) is 3.58. The number of aryl methyl sites for hydroxylation is 2. The lowest BCUT2D eigenvalue weighted by Gasteiger charge is -2.11. The first-order valence-electron chi connectivity index (χ1n) is 4.86. The Morgan fingerprint density at radius 3 is 2.40 bits per heavy atom. The number of ketones is 1. The Labute approximate surface area is 89.7 Å². The monoisotopic (exact) mass is 209 g/mol. The van der Waals surface area contributed by atoms with Crippen LogP contribution in [-0.4, -0.2) is 31.3 Å². The fourth-order valence-electron chi connectivity index (χ4n) is 1.64. The summed E-state index contributed by atoms with van der Waals surface area (Å²) in [5.74, 6) is -0.589. The number of carbonyl (C=O) groups excluding carboxylic acids is 1. The average Bonchev–Trinajstić information content (AvgIpc) is 1.99. The smallest absolute Gasteiger partial charge is 0.180 e. The highest BCUT2D eigenvalue weighted by atomic mass is 19.1. The predicted octanol–water partition coefficient (Wildman–Crippen LogP) is 2.19. The minimum Gasteiger partial charge on any atom is -0.302 e. The molecular formula is C12H16FNO.